The van der Waals surface area contributed by atoms with Crippen molar-refractivity contribution in [2.24, 2.45) is 0 Å². The third kappa shape index (κ3) is 29.8. The normalized spacial score (nSPS) is 12.5. The quantitative estimate of drug-likeness (QED) is 0.0541. The fourth-order valence-electron chi connectivity index (χ4n) is 3.73. The van der Waals surface area contributed by atoms with E-state index in [1.807, 2.05) is 0 Å². The molecule has 0 bridgehead atoms. The molecule has 1 aromatic rings. The summed E-state index contributed by atoms with van der Waals surface area (Å²) in [5, 5.41) is 0.209. The van der Waals surface area contributed by atoms with Gasteiger partial charge in [-0.15, -0.1) is 0 Å². The molecule has 0 aliphatic heterocycles. The maximum atomic E-state index is 12.0. The minimum atomic E-state index is -3.76. The van der Waals surface area contributed by atoms with Gasteiger partial charge >= 0.3 is 0 Å². The van der Waals surface area contributed by atoms with Crippen molar-refractivity contribution in [1.29, 1.82) is 0 Å². The molecule has 17 heteroatoms. The Labute approximate surface area is 319 Å². The average molecular weight is 801 g/mol. The zero-order valence-corrected chi connectivity index (χ0v) is 34.7. The second-order valence-electron chi connectivity index (χ2n) is 12.9. The second-order valence-corrected chi connectivity index (χ2v) is 19.4. The Morgan fingerprint density at radius 1 is 0.415 bits per heavy atom. The highest BCUT2D eigenvalue weighted by atomic mass is 32.2. The Bertz CT molecular complexity index is 1050. The van der Waals surface area contributed by atoms with Crippen molar-refractivity contribution < 1.29 is 69.1 Å². The van der Waals surface area contributed by atoms with E-state index in [4.69, 9.17) is 60.7 Å². The van der Waals surface area contributed by atoms with E-state index >= 15 is 0 Å². The van der Waals surface area contributed by atoms with E-state index in [9.17, 15) is 8.42 Å². The third-order valence-corrected chi connectivity index (χ3v) is 13.6. The SMILES string of the molecule is CC(C)(C)[Si](C)(C)OCCOCCOCCOCCOCCOCCOCCOCCOCCOCCOCCOCCOS(=O)(=O)c1ccccc1. The molecule has 0 unspecified atom stereocenters. The molecule has 0 amide bonds. The monoisotopic (exact) mass is 800 g/mol. The molecule has 0 aliphatic rings. The van der Waals surface area contributed by atoms with Gasteiger partial charge in [0.2, 0.25) is 0 Å². The van der Waals surface area contributed by atoms with Gasteiger partial charge in [-0.3, -0.25) is 4.18 Å². The van der Waals surface area contributed by atoms with Crippen LogP contribution in [0.15, 0.2) is 35.2 Å². The van der Waals surface area contributed by atoms with Crippen LogP contribution in [0.1, 0.15) is 20.8 Å². The molecular formula is C36H68O15SSi. The molecule has 0 saturated heterocycles. The maximum Gasteiger partial charge on any atom is 0.297 e. The molecule has 0 heterocycles. The molecule has 0 aromatic heterocycles. The molecule has 0 N–H and O–H groups in total. The van der Waals surface area contributed by atoms with E-state index in [-0.39, 0.29) is 23.1 Å². The summed E-state index contributed by atoms with van der Waals surface area (Å²) in [6, 6.07) is 7.98. The summed E-state index contributed by atoms with van der Waals surface area (Å²) in [6.45, 7) is 22.0. The molecule has 0 spiro atoms. The number of rotatable bonds is 39. The van der Waals surface area contributed by atoms with Gasteiger partial charge in [0.05, 0.1) is 163 Å². The van der Waals surface area contributed by atoms with E-state index in [0.717, 1.165) is 0 Å². The van der Waals surface area contributed by atoms with E-state index in [2.05, 4.69) is 33.9 Å². The highest BCUT2D eigenvalue weighted by Gasteiger charge is 2.36. The number of hydrogen-bond acceptors (Lipinski definition) is 15. The summed E-state index contributed by atoms with van der Waals surface area (Å²) in [4.78, 5) is 0.120. The van der Waals surface area contributed by atoms with Gasteiger partial charge in [0.15, 0.2) is 8.32 Å². The summed E-state index contributed by atoms with van der Waals surface area (Å²) >= 11 is 0. The average Bonchev–Trinajstić information content (AvgIpc) is 3.12. The van der Waals surface area contributed by atoms with Crippen LogP contribution in [0, 0.1) is 0 Å². The first-order valence-corrected chi connectivity index (χ1v) is 22.8. The van der Waals surface area contributed by atoms with Gasteiger partial charge < -0.3 is 56.5 Å². The minimum Gasteiger partial charge on any atom is -0.414 e. The van der Waals surface area contributed by atoms with Gasteiger partial charge in [-0.2, -0.15) is 8.42 Å². The van der Waals surface area contributed by atoms with Crippen LogP contribution in [0.4, 0.5) is 0 Å². The topological polar surface area (TPSA) is 154 Å². The maximum absolute atomic E-state index is 12.0. The molecule has 1 aromatic carbocycles. The van der Waals surface area contributed by atoms with Crippen molar-refractivity contribution in [3.63, 3.8) is 0 Å². The summed E-state index contributed by atoms with van der Waals surface area (Å²) in [7, 11) is -5.47. The van der Waals surface area contributed by atoms with Gasteiger partial charge in [0.25, 0.3) is 10.1 Å². The van der Waals surface area contributed by atoms with E-state index in [0.29, 0.717) is 145 Å². The third-order valence-electron chi connectivity index (χ3n) is 7.71. The number of hydrogen-bond donors (Lipinski definition) is 0. The molecule has 0 aliphatic carbocycles. The number of benzene rings is 1. The Morgan fingerprint density at radius 3 is 0.925 bits per heavy atom. The molecule has 53 heavy (non-hydrogen) atoms. The van der Waals surface area contributed by atoms with Gasteiger partial charge in [-0.25, -0.2) is 0 Å². The predicted octanol–water partition coefficient (Wildman–Crippen LogP) is 3.60. The standard InChI is InChI=1S/C36H68O15SSi/c1-36(2,3)53(4,5)51-34-32-49-30-28-47-26-24-45-22-20-43-18-16-41-14-12-39-11-13-40-15-17-42-19-21-44-23-25-46-27-29-48-31-33-50-52(37,38)35-9-7-6-8-10-35/h6-10H,11-34H2,1-5H3. The summed E-state index contributed by atoms with van der Waals surface area (Å²) in [5.74, 6) is 0. The second kappa shape index (κ2) is 33.0. The van der Waals surface area contributed by atoms with Crippen molar-refractivity contribution in [3.05, 3.63) is 30.3 Å². The van der Waals surface area contributed by atoms with Crippen LogP contribution in [0.5, 0.6) is 0 Å². The van der Waals surface area contributed by atoms with Crippen LogP contribution < -0.4 is 0 Å². The fourth-order valence-corrected chi connectivity index (χ4v) is 5.67. The highest BCUT2D eigenvalue weighted by Crippen LogP contribution is 2.36. The predicted molar refractivity (Wildman–Crippen MR) is 202 cm³/mol. The summed E-state index contributed by atoms with van der Waals surface area (Å²) in [6.07, 6.45) is 0. The van der Waals surface area contributed by atoms with Crippen LogP contribution in [0.25, 0.3) is 0 Å². The van der Waals surface area contributed by atoms with Gasteiger partial charge in [-0.05, 0) is 30.3 Å². The highest BCUT2D eigenvalue weighted by molar-refractivity contribution is 7.86. The van der Waals surface area contributed by atoms with Gasteiger partial charge in [0, 0.05) is 0 Å². The molecule has 0 radical (unpaired) electrons. The molecule has 15 nitrogen and oxygen atoms in total. The van der Waals surface area contributed by atoms with Crippen LogP contribution in [0.3, 0.4) is 0 Å². The lowest BCUT2D eigenvalue weighted by atomic mass is 10.2. The summed E-state index contributed by atoms with van der Waals surface area (Å²) in [5.41, 5.74) is 0. The molecular weight excluding hydrogens is 733 g/mol. The van der Waals surface area contributed by atoms with Crippen molar-refractivity contribution in [2.45, 2.75) is 43.8 Å². The minimum absolute atomic E-state index is 0.0598. The van der Waals surface area contributed by atoms with Crippen molar-refractivity contribution in [3.8, 4) is 0 Å². The smallest absolute Gasteiger partial charge is 0.297 e. The van der Waals surface area contributed by atoms with Crippen molar-refractivity contribution >= 4 is 18.4 Å². The van der Waals surface area contributed by atoms with E-state index in [1.165, 1.54) is 12.1 Å². The van der Waals surface area contributed by atoms with E-state index in [1.54, 1.807) is 18.2 Å². The van der Waals surface area contributed by atoms with Crippen LogP contribution in [-0.2, 0) is 70.8 Å². The molecule has 312 valence electrons. The van der Waals surface area contributed by atoms with Crippen LogP contribution in [-0.4, -0.2) is 175 Å². The van der Waals surface area contributed by atoms with Crippen LogP contribution >= 0.6 is 0 Å². The zero-order chi connectivity index (χ0) is 38.8. The first-order valence-electron chi connectivity index (χ1n) is 18.5. The summed E-state index contributed by atoms with van der Waals surface area (Å²) < 4.78 is 95.2. The lowest BCUT2D eigenvalue weighted by molar-refractivity contribution is -0.0279. The molecule has 0 fully saturated rings. The Balaban J connectivity index is 1.67. The van der Waals surface area contributed by atoms with Gasteiger partial charge in [0.1, 0.15) is 0 Å². The van der Waals surface area contributed by atoms with Crippen LogP contribution in [0.2, 0.25) is 18.1 Å². The van der Waals surface area contributed by atoms with Crippen molar-refractivity contribution in [2.75, 3.05) is 159 Å². The lowest BCUT2D eigenvalue weighted by Crippen LogP contribution is -2.41. The first-order chi connectivity index (χ1) is 25.6. The molecule has 0 atom stereocenters. The Kier molecular flexibility index (Phi) is 31.1. The van der Waals surface area contributed by atoms with Gasteiger partial charge in [-0.1, -0.05) is 39.0 Å². The zero-order valence-electron chi connectivity index (χ0n) is 32.9. The van der Waals surface area contributed by atoms with Crippen molar-refractivity contribution in [1.82, 2.24) is 0 Å². The first kappa shape index (κ1) is 49.9. The number of ether oxygens (including phenoxy) is 11. The molecule has 1 rings (SSSR count). The Morgan fingerprint density at radius 2 is 0.660 bits per heavy atom. The Hall–Kier alpha value is -1.13. The fraction of sp³-hybridized carbons (Fsp3) is 0.833. The largest absolute Gasteiger partial charge is 0.414 e. The lowest BCUT2D eigenvalue weighted by Gasteiger charge is -2.36. The van der Waals surface area contributed by atoms with E-state index < -0.39 is 18.4 Å². The molecule has 0 saturated carbocycles.